The van der Waals surface area contributed by atoms with Crippen molar-refractivity contribution in [3.63, 3.8) is 0 Å². The van der Waals surface area contributed by atoms with Crippen LogP contribution in [-0.2, 0) is 6.54 Å². The van der Waals surface area contributed by atoms with E-state index in [1.807, 2.05) is 26.0 Å². The molecule has 2 aromatic carbocycles. The van der Waals surface area contributed by atoms with Gasteiger partial charge in [-0.2, -0.15) is 0 Å². The summed E-state index contributed by atoms with van der Waals surface area (Å²) in [4.78, 5) is 10.1. The Morgan fingerprint density at radius 3 is 2.34 bits per heavy atom. The lowest BCUT2D eigenvalue weighted by atomic mass is 10.0. The van der Waals surface area contributed by atoms with Gasteiger partial charge in [0.25, 0.3) is 0 Å². The third-order valence-electron chi connectivity index (χ3n) is 6.54. The molecule has 0 unspecified atom stereocenters. The number of rotatable bonds is 5. The third-order valence-corrected chi connectivity index (χ3v) is 6.80. The molecule has 2 fully saturated rings. The molecule has 0 saturated carbocycles. The number of nitrogens with one attached hydrogen (secondary N) is 1. The van der Waals surface area contributed by atoms with Crippen molar-refractivity contribution < 1.29 is 0 Å². The van der Waals surface area contributed by atoms with Gasteiger partial charge in [-0.25, -0.2) is 4.98 Å². The summed E-state index contributed by atoms with van der Waals surface area (Å²) in [7, 11) is 0. The first kappa shape index (κ1) is 22.9. The summed E-state index contributed by atoms with van der Waals surface area (Å²) in [5, 5.41) is 5.53. The summed E-state index contributed by atoms with van der Waals surface area (Å²) in [6.45, 7) is 9.56. The Kier molecular flexibility index (Phi) is 7.88. The lowest BCUT2D eigenvalue weighted by Crippen LogP contribution is -2.43. The van der Waals surface area contributed by atoms with Crippen molar-refractivity contribution in [2.45, 2.75) is 52.1 Å². The number of pyridine rings is 1. The number of aromatic nitrogens is 1. The van der Waals surface area contributed by atoms with Crippen LogP contribution in [0, 0.1) is 0 Å². The van der Waals surface area contributed by atoms with Gasteiger partial charge in [-0.05, 0) is 62.5 Å². The van der Waals surface area contributed by atoms with Gasteiger partial charge in [0.2, 0.25) is 0 Å². The molecule has 170 valence electrons. The van der Waals surface area contributed by atoms with E-state index in [0.29, 0.717) is 0 Å². The predicted octanol–water partition coefficient (Wildman–Crippen LogP) is 6.59. The van der Waals surface area contributed by atoms with Crippen LogP contribution in [0.25, 0.3) is 10.9 Å². The van der Waals surface area contributed by atoms with E-state index in [4.69, 9.17) is 16.6 Å². The zero-order valence-corrected chi connectivity index (χ0v) is 20.1. The number of anilines is 2. The van der Waals surface area contributed by atoms with Gasteiger partial charge in [-0.1, -0.05) is 55.8 Å². The SMILES string of the molecule is CC.Clc1ccc(CNc2cc(N3CCC(N4CCCC4)CC3)c3ccccc3n2)cc1. The number of fused-ring (bicyclic) bond motifs is 1. The minimum Gasteiger partial charge on any atom is -0.371 e. The highest BCUT2D eigenvalue weighted by Gasteiger charge is 2.27. The maximum Gasteiger partial charge on any atom is 0.129 e. The molecule has 0 amide bonds. The van der Waals surface area contributed by atoms with Crippen LogP contribution in [0.3, 0.4) is 0 Å². The molecular formula is C27H35ClN4. The van der Waals surface area contributed by atoms with E-state index < -0.39 is 0 Å². The molecule has 0 atom stereocenters. The maximum atomic E-state index is 6.01. The van der Waals surface area contributed by atoms with Gasteiger partial charge in [0.1, 0.15) is 5.82 Å². The molecule has 2 aliphatic rings. The Hall–Kier alpha value is -2.30. The summed E-state index contributed by atoms with van der Waals surface area (Å²) in [5.74, 6) is 0.931. The number of piperidine rings is 1. The van der Waals surface area contributed by atoms with Gasteiger partial charge >= 0.3 is 0 Å². The highest BCUT2D eigenvalue weighted by atomic mass is 35.5. The van der Waals surface area contributed by atoms with Crippen molar-refractivity contribution in [2.24, 2.45) is 0 Å². The van der Waals surface area contributed by atoms with Crippen molar-refractivity contribution in [2.75, 3.05) is 36.4 Å². The Morgan fingerprint density at radius 2 is 1.62 bits per heavy atom. The number of para-hydroxylation sites is 1. The zero-order chi connectivity index (χ0) is 22.3. The van der Waals surface area contributed by atoms with E-state index in [-0.39, 0.29) is 0 Å². The second-order valence-corrected chi connectivity index (χ2v) is 8.92. The first-order valence-corrected chi connectivity index (χ1v) is 12.5. The lowest BCUT2D eigenvalue weighted by molar-refractivity contribution is 0.208. The summed E-state index contributed by atoms with van der Waals surface area (Å²) in [6.07, 6.45) is 5.25. The maximum absolute atomic E-state index is 6.01. The van der Waals surface area contributed by atoms with E-state index in [1.54, 1.807) is 0 Å². The first-order valence-electron chi connectivity index (χ1n) is 12.1. The van der Waals surface area contributed by atoms with Crippen LogP contribution in [0.2, 0.25) is 5.02 Å². The van der Waals surface area contributed by atoms with Crippen molar-refractivity contribution in [3.05, 3.63) is 65.2 Å². The van der Waals surface area contributed by atoms with E-state index in [0.717, 1.165) is 42.0 Å². The highest BCUT2D eigenvalue weighted by Crippen LogP contribution is 2.32. The minimum atomic E-state index is 0.735. The molecule has 3 heterocycles. The molecule has 0 aliphatic carbocycles. The molecular weight excluding hydrogens is 416 g/mol. The molecule has 2 aliphatic heterocycles. The number of benzene rings is 2. The monoisotopic (exact) mass is 450 g/mol. The molecule has 1 aromatic heterocycles. The molecule has 4 nitrogen and oxygen atoms in total. The quantitative estimate of drug-likeness (QED) is 0.475. The number of halogens is 1. The summed E-state index contributed by atoms with van der Waals surface area (Å²) in [6, 6.07) is 19.5. The van der Waals surface area contributed by atoms with Crippen LogP contribution in [0.15, 0.2) is 54.6 Å². The number of nitrogens with zero attached hydrogens (tertiary/aromatic N) is 3. The molecule has 0 bridgehead atoms. The van der Waals surface area contributed by atoms with Gasteiger partial charge in [-0.3, -0.25) is 0 Å². The molecule has 5 rings (SSSR count). The third kappa shape index (κ3) is 5.36. The van der Waals surface area contributed by atoms with Crippen LogP contribution in [0.5, 0.6) is 0 Å². The average Bonchev–Trinajstić information content (AvgIpc) is 3.40. The Morgan fingerprint density at radius 1 is 0.938 bits per heavy atom. The van der Waals surface area contributed by atoms with Gasteiger partial charge in [0.05, 0.1) is 5.52 Å². The fourth-order valence-corrected chi connectivity index (χ4v) is 5.01. The molecule has 1 N–H and O–H groups in total. The Labute approximate surface area is 197 Å². The van der Waals surface area contributed by atoms with Gasteiger partial charge in [0, 0.05) is 47.8 Å². The van der Waals surface area contributed by atoms with Gasteiger partial charge < -0.3 is 15.1 Å². The molecule has 0 radical (unpaired) electrons. The zero-order valence-electron chi connectivity index (χ0n) is 19.4. The second-order valence-electron chi connectivity index (χ2n) is 8.49. The Bertz CT molecular complexity index is 990. The summed E-state index contributed by atoms with van der Waals surface area (Å²) in [5.41, 5.74) is 3.55. The largest absolute Gasteiger partial charge is 0.371 e. The normalized spacial score (nSPS) is 17.3. The van der Waals surface area contributed by atoms with E-state index in [1.165, 1.54) is 55.4 Å². The highest BCUT2D eigenvalue weighted by molar-refractivity contribution is 6.30. The van der Waals surface area contributed by atoms with E-state index in [9.17, 15) is 0 Å². The van der Waals surface area contributed by atoms with E-state index in [2.05, 4.69) is 57.6 Å². The first-order chi connectivity index (χ1) is 15.8. The molecule has 5 heteroatoms. The van der Waals surface area contributed by atoms with Crippen molar-refractivity contribution >= 4 is 34.0 Å². The van der Waals surface area contributed by atoms with Crippen molar-refractivity contribution in [3.8, 4) is 0 Å². The van der Waals surface area contributed by atoms with Gasteiger partial charge in [-0.15, -0.1) is 0 Å². The standard InChI is InChI=1S/C25H29ClN4.C2H6/c26-20-9-7-19(8-10-20)18-27-25-17-24(22-5-1-2-6-23(22)28-25)30-15-11-21(12-16-30)29-13-3-4-14-29;1-2/h1-2,5-10,17,21H,3-4,11-16,18H2,(H,27,28);1-2H3. The molecule has 2 saturated heterocycles. The number of hydrogen-bond acceptors (Lipinski definition) is 4. The van der Waals surface area contributed by atoms with Gasteiger partial charge in [0.15, 0.2) is 0 Å². The fraction of sp³-hybridized carbons (Fsp3) is 0.444. The molecule has 0 spiro atoms. The van der Waals surface area contributed by atoms with Crippen LogP contribution in [0.4, 0.5) is 11.5 Å². The summed E-state index contributed by atoms with van der Waals surface area (Å²) >= 11 is 6.01. The molecule has 3 aromatic rings. The van der Waals surface area contributed by atoms with Crippen molar-refractivity contribution in [1.82, 2.24) is 9.88 Å². The Balaban J connectivity index is 0.00000119. The van der Waals surface area contributed by atoms with E-state index >= 15 is 0 Å². The summed E-state index contributed by atoms with van der Waals surface area (Å²) < 4.78 is 0. The smallest absolute Gasteiger partial charge is 0.129 e. The topological polar surface area (TPSA) is 31.4 Å². The molecule has 32 heavy (non-hydrogen) atoms. The van der Waals surface area contributed by atoms with Crippen molar-refractivity contribution in [1.29, 1.82) is 0 Å². The minimum absolute atomic E-state index is 0.735. The number of hydrogen-bond donors (Lipinski definition) is 1. The second kappa shape index (κ2) is 11.0. The van der Waals surface area contributed by atoms with Crippen LogP contribution >= 0.6 is 11.6 Å². The van der Waals surface area contributed by atoms with Crippen LogP contribution in [0.1, 0.15) is 45.1 Å². The number of likely N-dealkylation sites (tertiary alicyclic amines) is 1. The van der Waals surface area contributed by atoms with Crippen LogP contribution < -0.4 is 10.2 Å². The fourth-order valence-electron chi connectivity index (χ4n) is 4.88. The average molecular weight is 451 g/mol. The van der Waals surface area contributed by atoms with Crippen LogP contribution in [-0.4, -0.2) is 42.1 Å². The predicted molar refractivity (Wildman–Crippen MR) is 138 cm³/mol. The lowest BCUT2D eigenvalue weighted by Gasteiger charge is -2.38.